The zero-order chi connectivity index (χ0) is 12.3. The summed E-state index contributed by atoms with van der Waals surface area (Å²) in [5.74, 6) is 0.154. The number of carbonyl (C=O) groups excluding carboxylic acids is 1. The van der Waals surface area contributed by atoms with E-state index in [1.54, 1.807) is 7.05 Å². The first-order valence-corrected chi connectivity index (χ1v) is 5.65. The molecule has 0 spiro atoms. The maximum atomic E-state index is 11.7. The molecule has 7 nitrogen and oxygen atoms in total. The molecule has 0 bridgehead atoms. The number of aromatic nitrogens is 4. The Kier molecular flexibility index (Phi) is 3.45. The Bertz CT molecular complexity index is 531. The number of halogens is 1. The van der Waals surface area contributed by atoms with Gasteiger partial charge < -0.3 is 5.32 Å². The number of rotatable bonds is 3. The maximum Gasteiger partial charge on any atom is 0.259 e. The molecule has 0 fully saturated rings. The predicted molar refractivity (Wildman–Crippen MR) is 64.5 cm³/mol. The van der Waals surface area contributed by atoms with E-state index in [0.29, 0.717) is 21.5 Å². The van der Waals surface area contributed by atoms with Crippen LogP contribution >= 0.6 is 23.1 Å². The van der Waals surface area contributed by atoms with Crippen molar-refractivity contribution in [3.8, 4) is 0 Å². The number of pyridine rings is 1. The third-order valence-electron chi connectivity index (χ3n) is 1.86. The van der Waals surface area contributed by atoms with Crippen LogP contribution in [0.15, 0.2) is 12.3 Å². The Morgan fingerprint density at radius 3 is 2.94 bits per heavy atom. The molecule has 2 aromatic heterocycles. The molecular formula is C8H7ClN6OS. The van der Waals surface area contributed by atoms with Crippen LogP contribution in [0.5, 0.6) is 0 Å². The minimum Gasteiger partial charge on any atom is -0.372 e. The molecule has 0 aliphatic carbocycles. The predicted octanol–water partition coefficient (Wildman–Crippen LogP) is 1.28. The van der Waals surface area contributed by atoms with Crippen molar-refractivity contribution in [3.05, 3.63) is 22.8 Å². The number of hydrogen-bond donors (Lipinski definition) is 2. The normalized spacial score (nSPS) is 10.0. The van der Waals surface area contributed by atoms with E-state index in [2.05, 4.69) is 30.4 Å². The minimum absolute atomic E-state index is 0.323. The lowest BCUT2D eigenvalue weighted by molar-refractivity contribution is 0.102. The zero-order valence-electron chi connectivity index (χ0n) is 8.64. The van der Waals surface area contributed by atoms with E-state index in [1.165, 1.54) is 12.3 Å². The Labute approximate surface area is 105 Å². The van der Waals surface area contributed by atoms with Gasteiger partial charge >= 0.3 is 0 Å². The van der Waals surface area contributed by atoms with Gasteiger partial charge in [0.05, 0.1) is 10.6 Å². The molecule has 2 rings (SSSR count). The Balaban J connectivity index is 2.17. The van der Waals surface area contributed by atoms with Crippen molar-refractivity contribution in [2.24, 2.45) is 0 Å². The molecule has 17 heavy (non-hydrogen) atoms. The number of hydrogen-bond acceptors (Lipinski definition) is 7. The Hall–Kier alpha value is -1.80. The van der Waals surface area contributed by atoms with E-state index in [-0.39, 0.29) is 5.91 Å². The van der Waals surface area contributed by atoms with Gasteiger partial charge in [-0.15, -0.1) is 0 Å². The summed E-state index contributed by atoms with van der Waals surface area (Å²) >= 11 is 6.90. The van der Waals surface area contributed by atoms with Crippen LogP contribution in [0.2, 0.25) is 5.02 Å². The summed E-state index contributed by atoms with van der Waals surface area (Å²) < 4.78 is 3.53. The van der Waals surface area contributed by atoms with Gasteiger partial charge in [0.2, 0.25) is 5.13 Å². The monoisotopic (exact) mass is 270 g/mol. The van der Waals surface area contributed by atoms with E-state index in [4.69, 9.17) is 11.6 Å². The van der Waals surface area contributed by atoms with Crippen LogP contribution in [-0.4, -0.2) is 32.7 Å². The largest absolute Gasteiger partial charge is 0.372 e. The highest BCUT2D eigenvalue weighted by Gasteiger charge is 2.11. The lowest BCUT2D eigenvalue weighted by Gasteiger charge is -2.04. The highest BCUT2D eigenvalue weighted by molar-refractivity contribution is 7.09. The van der Waals surface area contributed by atoms with Gasteiger partial charge in [-0.25, -0.2) is 4.98 Å². The number of carbonyl (C=O) groups is 1. The molecule has 1 amide bonds. The van der Waals surface area contributed by atoms with Crippen LogP contribution in [0.4, 0.5) is 10.9 Å². The fraction of sp³-hybridized carbons (Fsp3) is 0.125. The topological polar surface area (TPSA) is 92.7 Å². The van der Waals surface area contributed by atoms with E-state index in [1.807, 2.05) is 0 Å². The van der Waals surface area contributed by atoms with E-state index in [0.717, 1.165) is 11.5 Å². The molecule has 0 saturated heterocycles. The highest BCUT2D eigenvalue weighted by Crippen LogP contribution is 2.20. The van der Waals surface area contributed by atoms with Crippen molar-refractivity contribution in [1.29, 1.82) is 0 Å². The third kappa shape index (κ3) is 2.66. The SMILES string of the molecule is CNc1ncc(C(=O)Nc2nnns2)cc1Cl. The van der Waals surface area contributed by atoms with Crippen molar-refractivity contribution in [2.45, 2.75) is 0 Å². The van der Waals surface area contributed by atoms with Crippen LogP contribution < -0.4 is 10.6 Å². The summed E-state index contributed by atoms with van der Waals surface area (Å²) in [7, 11) is 1.70. The number of anilines is 2. The van der Waals surface area contributed by atoms with Gasteiger partial charge in [-0.3, -0.25) is 10.1 Å². The second-order valence-corrected chi connectivity index (χ2v) is 4.07. The second kappa shape index (κ2) is 5.02. The van der Waals surface area contributed by atoms with Gasteiger partial charge in [-0.2, -0.15) is 0 Å². The van der Waals surface area contributed by atoms with Crippen LogP contribution in [0.3, 0.4) is 0 Å². The molecule has 0 aliphatic rings. The average molecular weight is 271 g/mol. The molecule has 9 heteroatoms. The van der Waals surface area contributed by atoms with Crippen LogP contribution in [0.25, 0.3) is 0 Å². The first-order valence-electron chi connectivity index (χ1n) is 4.50. The Morgan fingerprint density at radius 1 is 1.53 bits per heavy atom. The van der Waals surface area contributed by atoms with Gasteiger partial charge in [-0.05, 0) is 11.3 Å². The highest BCUT2D eigenvalue weighted by atomic mass is 35.5. The molecule has 88 valence electrons. The molecule has 0 atom stereocenters. The van der Waals surface area contributed by atoms with Crippen LogP contribution in [-0.2, 0) is 0 Å². The van der Waals surface area contributed by atoms with Crippen LogP contribution in [0.1, 0.15) is 10.4 Å². The molecule has 0 aliphatic heterocycles. The summed E-state index contributed by atoms with van der Waals surface area (Å²) in [6.07, 6.45) is 1.42. The van der Waals surface area contributed by atoms with Gasteiger partial charge in [0.15, 0.2) is 0 Å². The molecule has 2 aromatic rings. The maximum absolute atomic E-state index is 11.7. The van der Waals surface area contributed by atoms with E-state index < -0.39 is 0 Å². The van der Waals surface area contributed by atoms with Gasteiger partial charge in [-0.1, -0.05) is 21.2 Å². The fourth-order valence-corrected chi connectivity index (χ4v) is 1.72. The van der Waals surface area contributed by atoms with Crippen molar-refractivity contribution < 1.29 is 4.79 Å². The Morgan fingerprint density at radius 2 is 2.35 bits per heavy atom. The van der Waals surface area contributed by atoms with Crippen molar-refractivity contribution in [1.82, 2.24) is 19.8 Å². The molecule has 0 radical (unpaired) electrons. The molecular weight excluding hydrogens is 264 g/mol. The van der Waals surface area contributed by atoms with E-state index >= 15 is 0 Å². The average Bonchev–Trinajstić information content (AvgIpc) is 2.81. The minimum atomic E-state index is -0.361. The first kappa shape index (κ1) is 11.7. The molecule has 0 unspecified atom stereocenters. The summed E-state index contributed by atoms with van der Waals surface area (Å²) in [4.78, 5) is 15.7. The summed E-state index contributed by atoms with van der Waals surface area (Å²) in [6.45, 7) is 0. The number of nitrogens with zero attached hydrogens (tertiary/aromatic N) is 4. The first-order chi connectivity index (χ1) is 8.20. The fourth-order valence-electron chi connectivity index (χ4n) is 1.10. The van der Waals surface area contributed by atoms with Crippen LogP contribution in [0, 0.1) is 0 Å². The molecule has 2 N–H and O–H groups in total. The van der Waals surface area contributed by atoms with Crippen molar-refractivity contribution in [3.63, 3.8) is 0 Å². The third-order valence-corrected chi connectivity index (χ3v) is 2.66. The van der Waals surface area contributed by atoms with Crippen molar-refractivity contribution >= 4 is 40.0 Å². The quantitative estimate of drug-likeness (QED) is 0.873. The number of nitrogens with one attached hydrogen (secondary N) is 2. The summed E-state index contributed by atoms with van der Waals surface area (Å²) in [6, 6.07) is 1.52. The second-order valence-electron chi connectivity index (χ2n) is 2.93. The lowest BCUT2D eigenvalue weighted by Crippen LogP contribution is -2.12. The standard InChI is InChI=1S/C8H7ClN6OS/c1-10-6-5(9)2-4(3-11-6)7(16)12-8-13-14-15-17-8/h2-3H,1H3,(H,10,11)(H,12,13,15,16). The van der Waals surface area contributed by atoms with Gasteiger partial charge in [0.25, 0.3) is 5.91 Å². The molecule has 0 aromatic carbocycles. The molecule has 2 heterocycles. The van der Waals surface area contributed by atoms with Gasteiger partial charge in [0, 0.05) is 24.8 Å². The summed E-state index contributed by atoms with van der Waals surface area (Å²) in [5, 5.41) is 13.0. The summed E-state index contributed by atoms with van der Waals surface area (Å²) in [5.41, 5.74) is 0.337. The van der Waals surface area contributed by atoms with Gasteiger partial charge in [0.1, 0.15) is 5.82 Å². The van der Waals surface area contributed by atoms with E-state index in [9.17, 15) is 4.79 Å². The smallest absolute Gasteiger partial charge is 0.259 e. The van der Waals surface area contributed by atoms with Crippen molar-refractivity contribution in [2.75, 3.05) is 17.7 Å². The number of amides is 1. The lowest BCUT2D eigenvalue weighted by atomic mass is 10.2. The molecule has 0 saturated carbocycles. The zero-order valence-corrected chi connectivity index (χ0v) is 10.2.